The zero-order chi connectivity index (χ0) is 15.2. The van der Waals surface area contributed by atoms with E-state index in [1.54, 1.807) is 12.1 Å². The third kappa shape index (κ3) is 3.94. The molecule has 0 aromatic heterocycles. The molecule has 0 bridgehead atoms. The van der Waals surface area contributed by atoms with Gasteiger partial charge in [-0.1, -0.05) is 43.5 Å². The summed E-state index contributed by atoms with van der Waals surface area (Å²) >= 11 is 0. The molecule has 0 aliphatic heterocycles. The maximum absolute atomic E-state index is 14.0. The number of oxime groups is 1. The average molecular weight is 293 g/mol. The lowest BCUT2D eigenvalue weighted by molar-refractivity contribution is 0.253. The first-order valence-electron chi connectivity index (χ1n) is 7.65. The minimum atomic E-state index is -0.324. The third-order valence-electron chi connectivity index (χ3n) is 4.44. The monoisotopic (exact) mass is 293 g/mol. The molecule has 1 aliphatic carbocycles. The topological polar surface area (TPSA) is 70.6 Å². The van der Waals surface area contributed by atoms with Crippen LogP contribution in [0.1, 0.15) is 50.2 Å². The molecule has 116 valence electrons. The zero-order valence-electron chi connectivity index (χ0n) is 12.5. The molecule has 1 saturated carbocycles. The zero-order valence-corrected chi connectivity index (χ0v) is 12.5. The van der Waals surface area contributed by atoms with Crippen LogP contribution in [0.3, 0.4) is 0 Å². The average Bonchev–Trinajstić information content (AvgIpc) is 2.53. The molecule has 2 rings (SSSR count). The second-order valence-electron chi connectivity index (χ2n) is 5.73. The van der Waals surface area contributed by atoms with E-state index in [0.717, 1.165) is 0 Å². The van der Waals surface area contributed by atoms with Gasteiger partial charge in [0.05, 0.1) is 0 Å². The second kappa shape index (κ2) is 7.41. The van der Waals surface area contributed by atoms with E-state index in [9.17, 15) is 4.39 Å². The Kier molecular flexibility index (Phi) is 5.56. The van der Waals surface area contributed by atoms with E-state index < -0.39 is 0 Å². The van der Waals surface area contributed by atoms with Crippen LogP contribution >= 0.6 is 0 Å². The fourth-order valence-electron chi connectivity index (χ4n) is 3.11. The van der Waals surface area contributed by atoms with Gasteiger partial charge in [0, 0.05) is 23.7 Å². The Balaban J connectivity index is 2.00. The van der Waals surface area contributed by atoms with Crippen molar-refractivity contribution in [3.63, 3.8) is 0 Å². The van der Waals surface area contributed by atoms with E-state index in [0.29, 0.717) is 29.6 Å². The lowest BCUT2D eigenvalue weighted by atomic mass is 9.83. The van der Waals surface area contributed by atoms with Crippen molar-refractivity contribution >= 4 is 5.84 Å². The predicted molar refractivity (Wildman–Crippen MR) is 81.8 cm³/mol. The number of halogens is 1. The number of hydrogen-bond donors (Lipinski definition) is 3. The van der Waals surface area contributed by atoms with Gasteiger partial charge in [-0.15, -0.1) is 0 Å². The van der Waals surface area contributed by atoms with E-state index in [1.807, 2.05) is 0 Å². The number of benzene rings is 1. The van der Waals surface area contributed by atoms with Crippen molar-refractivity contribution in [3.8, 4) is 0 Å². The number of nitrogens with one attached hydrogen (secondary N) is 1. The summed E-state index contributed by atoms with van der Waals surface area (Å²) in [7, 11) is 0. The van der Waals surface area contributed by atoms with Crippen LogP contribution in [0, 0.1) is 11.7 Å². The Morgan fingerprint density at radius 1 is 1.43 bits per heavy atom. The van der Waals surface area contributed by atoms with Gasteiger partial charge >= 0.3 is 0 Å². The summed E-state index contributed by atoms with van der Waals surface area (Å²) in [5, 5.41) is 15.0. The van der Waals surface area contributed by atoms with Crippen molar-refractivity contribution < 1.29 is 9.60 Å². The van der Waals surface area contributed by atoms with Gasteiger partial charge in [-0.2, -0.15) is 0 Å². The van der Waals surface area contributed by atoms with Crippen LogP contribution in [0.2, 0.25) is 0 Å². The first kappa shape index (κ1) is 15.8. The Hall–Kier alpha value is -1.62. The second-order valence-corrected chi connectivity index (χ2v) is 5.73. The number of nitrogens with two attached hydrogens (primary N) is 1. The van der Waals surface area contributed by atoms with E-state index >= 15 is 0 Å². The fraction of sp³-hybridized carbons (Fsp3) is 0.562. The summed E-state index contributed by atoms with van der Waals surface area (Å²) in [6, 6.07) is 5.16. The van der Waals surface area contributed by atoms with Gasteiger partial charge < -0.3 is 16.3 Å². The smallest absolute Gasteiger partial charge is 0.170 e. The predicted octanol–water partition coefficient (Wildman–Crippen LogP) is 2.98. The van der Waals surface area contributed by atoms with Crippen LogP contribution in [-0.4, -0.2) is 17.1 Å². The molecule has 21 heavy (non-hydrogen) atoms. The Morgan fingerprint density at radius 3 is 2.86 bits per heavy atom. The van der Waals surface area contributed by atoms with Crippen molar-refractivity contribution in [1.82, 2.24) is 5.32 Å². The molecular weight excluding hydrogens is 269 g/mol. The largest absolute Gasteiger partial charge is 0.409 e. The highest BCUT2D eigenvalue weighted by Gasteiger charge is 2.23. The van der Waals surface area contributed by atoms with Crippen LogP contribution in [0.15, 0.2) is 23.4 Å². The molecule has 0 saturated heterocycles. The summed E-state index contributed by atoms with van der Waals surface area (Å²) in [6.45, 7) is 2.74. The summed E-state index contributed by atoms with van der Waals surface area (Å²) in [6.07, 6.45) is 6.16. The van der Waals surface area contributed by atoms with Crippen LogP contribution in [0.4, 0.5) is 4.39 Å². The van der Waals surface area contributed by atoms with Gasteiger partial charge in [-0.3, -0.25) is 0 Å². The fourth-order valence-corrected chi connectivity index (χ4v) is 3.11. The molecule has 0 amide bonds. The molecule has 2 unspecified atom stereocenters. The lowest BCUT2D eigenvalue weighted by Gasteiger charge is -2.31. The minimum absolute atomic E-state index is 0.0771. The Bertz CT molecular complexity index is 504. The molecule has 1 aromatic carbocycles. The minimum Gasteiger partial charge on any atom is -0.409 e. The maximum Gasteiger partial charge on any atom is 0.170 e. The van der Waals surface area contributed by atoms with Crippen LogP contribution in [0.25, 0.3) is 0 Å². The normalized spacial score (nSPS) is 23.2. The quantitative estimate of drug-likeness (QED) is 0.338. The summed E-state index contributed by atoms with van der Waals surface area (Å²) < 4.78 is 14.0. The van der Waals surface area contributed by atoms with Crippen molar-refractivity contribution in [3.05, 3.63) is 35.1 Å². The van der Waals surface area contributed by atoms with E-state index in [4.69, 9.17) is 10.9 Å². The van der Waals surface area contributed by atoms with Gasteiger partial charge in [0.1, 0.15) is 5.82 Å². The van der Waals surface area contributed by atoms with Crippen molar-refractivity contribution in [2.45, 2.75) is 51.6 Å². The number of nitrogens with zero attached hydrogens (tertiary/aromatic N) is 1. The van der Waals surface area contributed by atoms with Gasteiger partial charge in [0.15, 0.2) is 5.84 Å². The molecule has 1 fully saturated rings. The molecular formula is C16H24FN3O. The molecule has 0 heterocycles. The Morgan fingerprint density at radius 2 is 2.19 bits per heavy atom. The highest BCUT2D eigenvalue weighted by molar-refractivity contribution is 5.97. The van der Waals surface area contributed by atoms with Crippen LogP contribution in [-0.2, 0) is 6.54 Å². The number of rotatable bonds is 5. The van der Waals surface area contributed by atoms with Crippen molar-refractivity contribution in [1.29, 1.82) is 0 Å². The molecule has 0 spiro atoms. The molecule has 2 atom stereocenters. The van der Waals surface area contributed by atoms with Gasteiger partial charge in [-0.05, 0) is 24.8 Å². The molecule has 1 aromatic rings. The molecule has 1 aliphatic rings. The molecule has 5 heteroatoms. The van der Waals surface area contributed by atoms with E-state index in [-0.39, 0.29) is 11.7 Å². The number of hydrogen-bond acceptors (Lipinski definition) is 3. The number of amidine groups is 1. The van der Waals surface area contributed by atoms with Crippen molar-refractivity contribution in [2.24, 2.45) is 16.8 Å². The SMILES string of the molecule is CCC1CCCCC1NCc1ccc(C(N)=NO)cc1F. The van der Waals surface area contributed by atoms with Crippen LogP contribution in [0.5, 0.6) is 0 Å². The van der Waals surface area contributed by atoms with Gasteiger partial charge in [0.2, 0.25) is 0 Å². The lowest BCUT2D eigenvalue weighted by Crippen LogP contribution is -2.38. The van der Waals surface area contributed by atoms with E-state index in [1.165, 1.54) is 38.2 Å². The summed E-state index contributed by atoms with van der Waals surface area (Å²) in [5.74, 6) is 0.292. The van der Waals surface area contributed by atoms with Gasteiger partial charge in [0.25, 0.3) is 0 Å². The van der Waals surface area contributed by atoms with Crippen LogP contribution < -0.4 is 11.1 Å². The standard InChI is InChI=1S/C16H24FN3O/c1-2-11-5-3-4-6-15(11)19-10-13-8-7-12(9-14(13)17)16(18)20-21/h7-9,11,15,19,21H,2-6,10H2,1H3,(H2,18,20). The Labute approximate surface area is 125 Å². The first-order chi connectivity index (χ1) is 10.2. The highest BCUT2D eigenvalue weighted by Crippen LogP contribution is 2.27. The van der Waals surface area contributed by atoms with E-state index in [2.05, 4.69) is 17.4 Å². The third-order valence-corrected chi connectivity index (χ3v) is 4.44. The molecule has 4 N–H and O–H groups in total. The summed E-state index contributed by atoms with van der Waals surface area (Å²) in [4.78, 5) is 0. The van der Waals surface area contributed by atoms with Gasteiger partial charge in [-0.25, -0.2) is 4.39 Å². The maximum atomic E-state index is 14.0. The highest BCUT2D eigenvalue weighted by atomic mass is 19.1. The molecule has 0 radical (unpaired) electrons. The first-order valence-corrected chi connectivity index (χ1v) is 7.65. The van der Waals surface area contributed by atoms with Crippen molar-refractivity contribution in [2.75, 3.05) is 0 Å². The summed E-state index contributed by atoms with van der Waals surface area (Å²) in [5.41, 5.74) is 6.47. The molecule has 4 nitrogen and oxygen atoms in total.